The van der Waals surface area contributed by atoms with Gasteiger partial charge >= 0.3 is 6.03 Å². The van der Waals surface area contributed by atoms with Crippen molar-refractivity contribution in [1.29, 1.82) is 0 Å². The molecule has 0 aliphatic carbocycles. The predicted octanol–water partition coefficient (Wildman–Crippen LogP) is 1.22. The van der Waals surface area contributed by atoms with Gasteiger partial charge in [0.25, 0.3) is 0 Å². The summed E-state index contributed by atoms with van der Waals surface area (Å²) in [4.78, 5) is 13.3. The minimum atomic E-state index is 0.0222. The van der Waals surface area contributed by atoms with Gasteiger partial charge < -0.3 is 15.0 Å². The van der Waals surface area contributed by atoms with E-state index in [0.29, 0.717) is 6.61 Å². The number of hydrogen-bond donors (Lipinski definition) is 1. The largest absolute Gasteiger partial charge is 0.379 e. The van der Waals surface area contributed by atoms with Crippen LogP contribution in [-0.2, 0) is 4.74 Å². The van der Waals surface area contributed by atoms with Gasteiger partial charge in [-0.15, -0.1) is 0 Å². The van der Waals surface area contributed by atoms with Gasteiger partial charge in [0.2, 0.25) is 0 Å². The summed E-state index contributed by atoms with van der Waals surface area (Å²) < 4.78 is 5.23. The van der Waals surface area contributed by atoms with Crippen molar-refractivity contribution >= 4 is 6.03 Å². The van der Waals surface area contributed by atoms with E-state index in [4.69, 9.17) is 4.74 Å². The Morgan fingerprint density at radius 1 is 1.64 bits per heavy atom. The van der Waals surface area contributed by atoms with Gasteiger partial charge in [-0.25, -0.2) is 4.79 Å². The quantitative estimate of drug-likeness (QED) is 0.693. The summed E-state index contributed by atoms with van der Waals surface area (Å²) in [7, 11) is 1.83. The molecule has 1 atom stereocenters. The molecule has 2 amide bonds. The highest BCUT2D eigenvalue weighted by molar-refractivity contribution is 5.74. The highest BCUT2D eigenvalue weighted by atomic mass is 16.5. The van der Waals surface area contributed by atoms with Crippen LogP contribution < -0.4 is 5.32 Å². The molecule has 82 valence electrons. The smallest absolute Gasteiger partial charge is 0.317 e. The van der Waals surface area contributed by atoms with Gasteiger partial charge in [0.15, 0.2) is 0 Å². The van der Waals surface area contributed by atoms with Crippen LogP contribution >= 0.6 is 0 Å². The van der Waals surface area contributed by atoms with E-state index < -0.39 is 0 Å². The van der Waals surface area contributed by atoms with Crippen LogP contribution in [0.4, 0.5) is 4.79 Å². The molecule has 4 nitrogen and oxygen atoms in total. The second kappa shape index (κ2) is 5.86. The normalized spacial score (nSPS) is 20.9. The van der Waals surface area contributed by atoms with Crippen molar-refractivity contribution in [1.82, 2.24) is 10.2 Å². The van der Waals surface area contributed by atoms with Crippen LogP contribution in [0.3, 0.4) is 0 Å². The molecular weight excluding hydrogens is 180 g/mol. The van der Waals surface area contributed by atoms with Crippen LogP contribution in [0.25, 0.3) is 0 Å². The Morgan fingerprint density at radius 3 is 3.00 bits per heavy atom. The van der Waals surface area contributed by atoms with Gasteiger partial charge in [0.05, 0.1) is 12.6 Å². The number of unbranched alkanes of at least 4 members (excludes halogenated alkanes) is 1. The van der Waals surface area contributed by atoms with Crippen LogP contribution in [0, 0.1) is 0 Å². The fraction of sp³-hybridized carbons (Fsp3) is 0.900. The number of carbonyl (C=O) groups is 1. The molecule has 0 bridgehead atoms. The number of urea groups is 1. The van der Waals surface area contributed by atoms with Gasteiger partial charge in [-0.05, 0) is 12.8 Å². The fourth-order valence-corrected chi connectivity index (χ4v) is 1.49. The minimum Gasteiger partial charge on any atom is -0.379 e. The maximum atomic E-state index is 11.6. The maximum absolute atomic E-state index is 11.6. The van der Waals surface area contributed by atoms with Crippen LogP contribution in [0.2, 0.25) is 0 Å². The summed E-state index contributed by atoms with van der Waals surface area (Å²) >= 11 is 0. The van der Waals surface area contributed by atoms with Crippen LogP contribution in [0.5, 0.6) is 0 Å². The lowest BCUT2D eigenvalue weighted by Gasteiger charge is -2.23. The van der Waals surface area contributed by atoms with E-state index in [9.17, 15) is 4.79 Å². The Balaban J connectivity index is 2.21. The number of hydrogen-bond acceptors (Lipinski definition) is 2. The highest BCUT2D eigenvalue weighted by Crippen LogP contribution is 2.10. The van der Waals surface area contributed by atoms with Crippen molar-refractivity contribution in [2.24, 2.45) is 0 Å². The van der Waals surface area contributed by atoms with Gasteiger partial charge in [-0.2, -0.15) is 0 Å². The number of likely N-dealkylation sites (N-methyl/N-ethyl adjacent to an activating group) is 1. The molecule has 1 rings (SSSR count). The lowest BCUT2D eigenvalue weighted by molar-refractivity contribution is 0.158. The Hall–Kier alpha value is -0.770. The van der Waals surface area contributed by atoms with Crippen molar-refractivity contribution < 1.29 is 9.53 Å². The Labute approximate surface area is 85.6 Å². The summed E-state index contributed by atoms with van der Waals surface area (Å²) in [5.74, 6) is 0. The molecule has 0 spiro atoms. The van der Waals surface area contributed by atoms with E-state index >= 15 is 0 Å². The van der Waals surface area contributed by atoms with Crippen LogP contribution in [0.15, 0.2) is 0 Å². The molecule has 4 heteroatoms. The molecule has 1 saturated heterocycles. The Kier molecular flexibility index (Phi) is 4.73. The Bertz CT molecular complexity index is 179. The first-order valence-corrected chi connectivity index (χ1v) is 5.34. The van der Waals surface area contributed by atoms with Crippen molar-refractivity contribution in [2.45, 2.75) is 32.2 Å². The number of nitrogens with one attached hydrogen (secondary N) is 1. The van der Waals surface area contributed by atoms with Gasteiger partial charge in [0.1, 0.15) is 0 Å². The number of carbonyl (C=O) groups excluding carboxylic acids is 1. The van der Waals surface area contributed by atoms with Crippen molar-refractivity contribution in [3.8, 4) is 0 Å². The zero-order valence-corrected chi connectivity index (χ0v) is 9.08. The summed E-state index contributed by atoms with van der Waals surface area (Å²) in [6.07, 6.45) is 3.11. The molecule has 0 aromatic carbocycles. The lowest BCUT2D eigenvalue weighted by atomic mass is 10.2. The molecule has 14 heavy (non-hydrogen) atoms. The lowest BCUT2D eigenvalue weighted by Crippen LogP contribution is -2.44. The van der Waals surface area contributed by atoms with E-state index in [1.807, 2.05) is 7.05 Å². The summed E-state index contributed by atoms with van der Waals surface area (Å²) in [5.41, 5.74) is 0. The SMILES string of the molecule is CCCCNC(=O)N(C)C1CCOC1. The number of rotatable bonds is 4. The Morgan fingerprint density at radius 2 is 2.43 bits per heavy atom. The number of amides is 2. The highest BCUT2D eigenvalue weighted by Gasteiger charge is 2.23. The van der Waals surface area contributed by atoms with Gasteiger partial charge in [-0.1, -0.05) is 13.3 Å². The number of nitrogens with zero attached hydrogens (tertiary/aromatic N) is 1. The monoisotopic (exact) mass is 200 g/mol. The van der Waals surface area contributed by atoms with Crippen LogP contribution in [-0.4, -0.2) is 43.8 Å². The topological polar surface area (TPSA) is 41.6 Å². The average molecular weight is 200 g/mol. The van der Waals surface area contributed by atoms with E-state index in [0.717, 1.165) is 32.4 Å². The molecule has 1 fully saturated rings. The molecule has 1 N–H and O–H groups in total. The summed E-state index contributed by atoms with van der Waals surface area (Å²) in [6.45, 7) is 4.34. The first-order chi connectivity index (χ1) is 6.75. The molecule has 0 saturated carbocycles. The summed E-state index contributed by atoms with van der Waals surface area (Å²) in [6, 6.07) is 0.283. The maximum Gasteiger partial charge on any atom is 0.317 e. The zero-order chi connectivity index (χ0) is 10.4. The molecule has 1 aliphatic heterocycles. The van der Waals surface area contributed by atoms with E-state index in [1.54, 1.807) is 4.90 Å². The van der Waals surface area contributed by atoms with Crippen molar-refractivity contribution in [3.63, 3.8) is 0 Å². The zero-order valence-electron chi connectivity index (χ0n) is 9.08. The van der Waals surface area contributed by atoms with Crippen molar-refractivity contribution in [3.05, 3.63) is 0 Å². The minimum absolute atomic E-state index is 0.0222. The second-order valence-corrected chi connectivity index (χ2v) is 3.71. The third kappa shape index (κ3) is 3.18. The third-order valence-corrected chi connectivity index (χ3v) is 2.58. The molecule has 1 aliphatic rings. The fourth-order valence-electron chi connectivity index (χ4n) is 1.49. The summed E-state index contributed by atoms with van der Waals surface area (Å²) in [5, 5.41) is 2.89. The van der Waals surface area contributed by atoms with E-state index in [1.165, 1.54) is 0 Å². The molecule has 0 aromatic heterocycles. The first-order valence-electron chi connectivity index (χ1n) is 5.34. The van der Waals surface area contributed by atoms with E-state index in [-0.39, 0.29) is 12.1 Å². The standard InChI is InChI=1S/C10H20N2O2/c1-3-4-6-11-10(13)12(2)9-5-7-14-8-9/h9H,3-8H2,1-2H3,(H,11,13). The molecular formula is C10H20N2O2. The van der Waals surface area contributed by atoms with Gasteiger partial charge in [-0.3, -0.25) is 0 Å². The molecule has 1 unspecified atom stereocenters. The van der Waals surface area contributed by atoms with Crippen LogP contribution in [0.1, 0.15) is 26.2 Å². The predicted molar refractivity (Wildman–Crippen MR) is 55.3 cm³/mol. The molecule has 0 aromatic rings. The molecule has 1 heterocycles. The van der Waals surface area contributed by atoms with Gasteiger partial charge in [0, 0.05) is 20.2 Å². The van der Waals surface area contributed by atoms with E-state index in [2.05, 4.69) is 12.2 Å². The average Bonchev–Trinajstić information content (AvgIpc) is 2.69. The second-order valence-electron chi connectivity index (χ2n) is 3.71. The third-order valence-electron chi connectivity index (χ3n) is 2.58. The van der Waals surface area contributed by atoms with Crippen molar-refractivity contribution in [2.75, 3.05) is 26.8 Å². The first kappa shape index (κ1) is 11.3. The number of ether oxygens (including phenoxy) is 1. The molecule has 0 radical (unpaired) electrons.